The van der Waals surface area contributed by atoms with E-state index in [4.69, 9.17) is 28.0 Å². The highest BCUT2D eigenvalue weighted by Gasteiger charge is 2.11. The van der Waals surface area contributed by atoms with Gasteiger partial charge in [0.2, 0.25) is 0 Å². The molecule has 0 aromatic rings. The zero-order valence-electron chi connectivity index (χ0n) is 8.36. The number of nitrogens with one attached hydrogen (secondary N) is 1. The van der Waals surface area contributed by atoms with E-state index < -0.39 is 12.1 Å². The lowest BCUT2D eigenvalue weighted by Gasteiger charge is -2.11. The SMILES string of the molecule is NC(N)=O.O=NN(CCCl)C(=O)NCCCl. The molecule has 94 valence electrons. The van der Waals surface area contributed by atoms with Crippen LogP contribution in [0.15, 0.2) is 5.29 Å². The van der Waals surface area contributed by atoms with E-state index in [2.05, 4.69) is 22.1 Å². The van der Waals surface area contributed by atoms with Crippen molar-refractivity contribution in [1.29, 1.82) is 0 Å². The predicted octanol–water partition coefficient (Wildman–Crippen LogP) is 0.181. The number of hydrogen-bond acceptors (Lipinski definition) is 4. The highest BCUT2D eigenvalue weighted by molar-refractivity contribution is 6.18. The molecule has 0 aliphatic rings. The molecule has 0 bridgehead atoms. The smallest absolute Gasteiger partial charge is 0.340 e. The van der Waals surface area contributed by atoms with Crippen molar-refractivity contribution >= 4 is 35.3 Å². The molecule has 0 aliphatic carbocycles. The topological polar surface area (TPSA) is 131 Å². The Kier molecular flexibility index (Phi) is 12.6. The Balaban J connectivity index is 0. The Morgan fingerprint density at radius 3 is 2.06 bits per heavy atom. The minimum absolute atomic E-state index is 0.0964. The summed E-state index contributed by atoms with van der Waals surface area (Å²) in [6.45, 7) is 0.397. The van der Waals surface area contributed by atoms with E-state index in [1.807, 2.05) is 0 Å². The second-order valence-electron chi connectivity index (χ2n) is 2.22. The van der Waals surface area contributed by atoms with Gasteiger partial charge >= 0.3 is 12.1 Å². The summed E-state index contributed by atoms with van der Waals surface area (Å²) in [6, 6.07) is -1.41. The van der Waals surface area contributed by atoms with E-state index in [9.17, 15) is 9.70 Å². The van der Waals surface area contributed by atoms with Crippen LogP contribution in [0.1, 0.15) is 0 Å². The third-order valence-corrected chi connectivity index (χ3v) is 1.36. The summed E-state index contributed by atoms with van der Waals surface area (Å²) in [5.74, 6) is 0.458. The molecule has 0 saturated heterocycles. The average Bonchev–Trinajstić information content (AvgIpc) is 2.21. The number of carbonyl (C=O) groups excluding carboxylic acids is 2. The maximum atomic E-state index is 10.9. The van der Waals surface area contributed by atoms with Crippen molar-refractivity contribution in [2.24, 2.45) is 16.8 Å². The van der Waals surface area contributed by atoms with E-state index in [0.29, 0.717) is 17.4 Å². The van der Waals surface area contributed by atoms with E-state index in [0.717, 1.165) is 0 Å². The molecule has 0 rings (SSSR count). The summed E-state index contributed by atoms with van der Waals surface area (Å²) >= 11 is 10.6. The molecule has 0 heterocycles. The Morgan fingerprint density at radius 1 is 1.25 bits per heavy atom. The maximum absolute atomic E-state index is 10.9. The largest absolute Gasteiger partial charge is 0.352 e. The third kappa shape index (κ3) is 12.7. The average molecular weight is 274 g/mol. The maximum Gasteiger partial charge on any atom is 0.340 e. The van der Waals surface area contributed by atoms with Crippen molar-refractivity contribution in [3.8, 4) is 0 Å². The van der Waals surface area contributed by atoms with Gasteiger partial charge in [0.15, 0.2) is 0 Å². The first-order chi connectivity index (χ1) is 7.49. The van der Waals surface area contributed by atoms with Crippen molar-refractivity contribution in [1.82, 2.24) is 10.3 Å². The number of rotatable bonds is 5. The molecule has 16 heavy (non-hydrogen) atoms. The van der Waals surface area contributed by atoms with Crippen LogP contribution >= 0.6 is 23.2 Å². The number of nitroso groups, excluding NO2 is 1. The van der Waals surface area contributed by atoms with Gasteiger partial charge in [-0.1, -0.05) is 0 Å². The van der Waals surface area contributed by atoms with Gasteiger partial charge in [-0.05, 0) is 0 Å². The lowest BCUT2D eigenvalue weighted by atomic mass is 10.6. The van der Waals surface area contributed by atoms with Crippen LogP contribution in [0.2, 0.25) is 0 Å². The summed E-state index contributed by atoms with van der Waals surface area (Å²) in [4.78, 5) is 29.9. The number of urea groups is 2. The van der Waals surface area contributed by atoms with Gasteiger partial charge in [0.25, 0.3) is 0 Å². The van der Waals surface area contributed by atoms with E-state index >= 15 is 0 Å². The molecule has 10 heteroatoms. The second-order valence-corrected chi connectivity index (χ2v) is 2.97. The Morgan fingerprint density at radius 2 is 1.75 bits per heavy atom. The number of amides is 4. The molecule has 0 fully saturated rings. The molecule has 4 amide bonds. The normalized spacial score (nSPS) is 8.38. The highest BCUT2D eigenvalue weighted by Crippen LogP contribution is 1.91. The van der Waals surface area contributed by atoms with Crippen LogP contribution in [0.4, 0.5) is 9.59 Å². The van der Waals surface area contributed by atoms with Crippen LogP contribution in [0.3, 0.4) is 0 Å². The first-order valence-corrected chi connectivity index (χ1v) is 5.12. The van der Waals surface area contributed by atoms with Crippen molar-refractivity contribution < 1.29 is 9.59 Å². The van der Waals surface area contributed by atoms with Gasteiger partial charge in [-0.3, -0.25) is 0 Å². The molecule has 0 spiro atoms. The predicted molar refractivity (Wildman–Crippen MR) is 61.1 cm³/mol. The minimum Gasteiger partial charge on any atom is -0.352 e. The molecule has 0 atom stereocenters. The number of alkyl halides is 2. The highest BCUT2D eigenvalue weighted by atomic mass is 35.5. The van der Waals surface area contributed by atoms with Gasteiger partial charge in [0, 0.05) is 18.3 Å². The summed E-state index contributed by atoms with van der Waals surface area (Å²) in [6.07, 6.45) is 0. The molecule has 0 unspecified atom stereocenters. The lowest BCUT2D eigenvalue weighted by Crippen LogP contribution is -2.38. The number of primary amides is 2. The van der Waals surface area contributed by atoms with Crippen molar-refractivity contribution in [3.63, 3.8) is 0 Å². The van der Waals surface area contributed by atoms with Gasteiger partial charge in [-0.15, -0.1) is 28.1 Å². The van der Waals surface area contributed by atoms with Gasteiger partial charge < -0.3 is 16.8 Å². The van der Waals surface area contributed by atoms with E-state index in [1.54, 1.807) is 0 Å². The number of halogens is 2. The Labute approximate surface area is 102 Å². The summed E-state index contributed by atoms with van der Waals surface area (Å²) < 4.78 is 0. The van der Waals surface area contributed by atoms with E-state index in [1.165, 1.54) is 0 Å². The fraction of sp³-hybridized carbons (Fsp3) is 0.667. The standard InChI is InChI=1S/C5H9Cl2N3O2.CH4N2O/c6-1-3-8-5(11)10(9-12)4-2-7;2-1(3)4/h1-4H2,(H,8,11);(H4,2,3,4). The summed E-state index contributed by atoms with van der Waals surface area (Å²) in [5, 5.41) is 5.55. The van der Waals surface area contributed by atoms with E-state index in [-0.39, 0.29) is 12.4 Å². The number of nitrogens with two attached hydrogens (primary N) is 2. The molecule has 0 aromatic heterocycles. The zero-order chi connectivity index (χ0) is 13.0. The molecular weight excluding hydrogens is 261 g/mol. The van der Waals surface area contributed by atoms with Crippen LogP contribution in [0.25, 0.3) is 0 Å². The van der Waals surface area contributed by atoms with Crippen molar-refractivity contribution in [2.75, 3.05) is 24.8 Å². The zero-order valence-corrected chi connectivity index (χ0v) is 9.87. The molecule has 0 radical (unpaired) electrons. The quantitative estimate of drug-likeness (QED) is 0.375. The fourth-order valence-electron chi connectivity index (χ4n) is 0.505. The summed E-state index contributed by atoms with van der Waals surface area (Å²) in [5.41, 5.74) is 8.50. The summed E-state index contributed by atoms with van der Waals surface area (Å²) in [7, 11) is 0. The minimum atomic E-state index is -0.833. The number of nitrogens with zero attached hydrogens (tertiary/aromatic N) is 2. The van der Waals surface area contributed by atoms with Crippen LogP contribution < -0.4 is 16.8 Å². The van der Waals surface area contributed by atoms with Gasteiger partial charge in [-0.25, -0.2) is 9.59 Å². The lowest BCUT2D eigenvalue weighted by molar-refractivity contribution is 0.203. The van der Waals surface area contributed by atoms with Gasteiger partial charge in [0.05, 0.1) is 11.8 Å². The Bertz CT molecular complexity index is 224. The van der Waals surface area contributed by atoms with Gasteiger partial charge in [0.1, 0.15) is 0 Å². The molecule has 5 N–H and O–H groups in total. The monoisotopic (exact) mass is 273 g/mol. The van der Waals surface area contributed by atoms with Crippen LogP contribution in [0.5, 0.6) is 0 Å². The second kappa shape index (κ2) is 11.8. The first kappa shape index (κ1) is 17.1. The number of hydrogen-bond donors (Lipinski definition) is 3. The molecular formula is C6H13Cl2N5O3. The van der Waals surface area contributed by atoms with Crippen LogP contribution in [-0.2, 0) is 0 Å². The fourth-order valence-corrected chi connectivity index (χ4v) is 0.760. The molecule has 8 nitrogen and oxygen atoms in total. The number of carbonyl (C=O) groups is 2. The molecule has 0 aromatic carbocycles. The molecule has 0 saturated carbocycles. The van der Waals surface area contributed by atoms with Crippen LogP contribution in [0, 0.1) is 4.91 Å². The van der Waals surface area contributed by atoms with Crippen LogP contribution in [-0.4, -0.2) is 41.9 Å². The van der Waals surface area contributed by atoms with Crippen molar-refractivity contribution in [2.45, 2.75) is 0 Å². The first-order valence-electron chi connectivity index (χ1n) is 4.05. The third-order valence-electron chi connectivity index (χ3n) is 1.00. The Hall–Kier alpha value is -1.28. The molecule has 0 aliphatic heterocycles. The van der Waals surface area contributed by atoms with Crippen molar-refractivity contribution in [3.05, 3.63) is 4.91 Å². The van der Waals surface area contributed by atoms with Gasteiger partial charge in [-0.2, -0.15) is 5.01 Å².